The van der Waals surface area contributed by atoms with E-state index in [9.17, 15) is 18.0 Å². The van der Waals surface area contributed by atoms with Crippen LogP contribution in [0.5, 0.6) is 0 Å². The smallest absolute Gasteiger partial charge is 0.268 e. The number of carbonyl (C=O) groups excluding carboxylic acids is 2. The van der Waals surface area contributed by atoms with Gasteiger partial charge in [0.15, 0.2) is 5.03 Å². The molecular weight excluding hydrogens is 388 g/mol. The highest BCUT2D eigenvalue weighted by Crippen LogP contribution is 2.24. The van der Waals surface area contributed by atoms with Crippen molar-refractivity contribution in [2.45, 2.75) is 16.3 Å². The minimum absolute atomic E-state index is 0.0388. The second kappa shape index (κ2) is 6.82. The lowest BCUT2D eigenvalue weighted by molar-refractivity contribution is -0.114. The van der Waals surface area contributed by atoms with Gasteiger partial charge in [-0.2, -0.15) is 0 Å². The first-order valence-corrected chi connectivity index (χ1v) is 9.50. The third kappa shape index (κ3) is 3.65. The molecule has 2 aromatic heterocycles. The fraction of sp³-hybridized carbons (Fsp3) is 0.0714. The molecule has 0 amide bonds. The molecule has 3 rings (SSSR count). The van der Waals surface area contributed by atoms with Crippen LogP contribution < -0.4 is 0 Å². The molecule has 25 heavy (non-hydrogen) atoms. The molecule has 0 aliphatic rings. The first-order chi connectivity index (χ1) is 11.9. The van der Waals surface area contributed by atoms with Crippen LogP contribution in [-0.4, -0.2) is 40.1 Å². The molecule has 8 nitrogen and oxygen atoms in total. The van der Waals surface area contributed by atoms with Gasteiger partial charge in [-0.05, 0) is 24.3 Å². The highest BCUT2D eigenvalue weighted by Gasteiger charge is 2.24. The lowest BCUT2D eigenvalue weighted by Gasteiger charge is -2.01. The van der Waals surface area contributed by atoms with Crippen molar-refractivity contribution in [1.29, 1.82) is 0 Å². The number of sulfone groups is 1. The summed E-state index contributed by atoms with van der Waals surface area (Å²) in [5, 5.41) is 7.64. The molecule has 0 atom stereocenters. The number of thiazole rings is 1. The van der Waals surface area contributed by atoms with Crippen molar-refractivity contribution in [2.24, 2.45) is 0 Å². The molecule has 11 heteroatoms. The summed E-state index contributed by atoms with van der Waals surface area (Å²) in [6.45, 7) is 0. The average Bonchev–Trinajstić information content (AvgIpc) is 3.26. The predicted octanol–water partition coefficient (Wildman–Crippen LogP) is 1.74. The molecule has 0 aliphatic carbocycles. The Morgan fingerprint density at radius 1 is 1.20 bits per heavy atom. The minimum atomic E-state index is -3.82. The summed E-state index contributed by atoms with van der Waals surface area (Å²) in [7, 11) is -3.82. The van der Waals surface area contributed by atoms with Gasteiger partial charge < -0.3 is 0 Å². The molecule has 0 saturated carbocycles. The molecule has 2 heterocycles. The van der Waals surface area contributed by atoms with E-state index >= 15 is 0 Å². The van der Waals surface area contributed by atoms with Crippen molar-refractivity contribution in [3.63, 3.8) is 0 Å². The first kappa shape index (κ1) is 17.4. The molecule has 0 fully saturated rings. The molecular formula is C14H9ClN4O4S2. The second-order valence-electron chi connectivity index (χ2n) is 4.79. The molecule has 0 aliphatic heterocycles. The number of aromatic amines is 1. The monoisotopic (exact) mass is 396 g/mol. The molecule has 0 saturated heterocycles. The van der Waals surface area contributed by atoms with E-state index in [4.69, 9.17) is 11.6 Å². The summed E-state index contributed by atoms with van der Waals surface area (Å²) in [6.07, 6.45) is 0.856. The van der Waals surface area contributed by atoms with Crippen LogP contribution in [0.1, 0.15) is 15.6 Å². The maximum atomic E-state index is 12.5. The molecule has 1 N–H and O–H groups in total. The predicted molar refractivity (Wildman–Crippen MR) is 88.4 cm³/mol. The third-order valence-corrected chi connectivity index (χ3v) is 6.02. The topological polar surface area (TPSA) is 123 Å². The van der Waals surface area contributed by atoms with Crippen molar-refractivity contribution < 1.29 is 18.0 Å². The molecule has 0 bridgehead atoms. The molecule has 128 valence electrons. The van der Waals surface area contributed by atoms with Gasteiger partial charge in [-0.15, -0.1) is 16.4 Å². The number of Topliss-reactive ketones (excluding diaryl/α,β-unsaturated/α-hetero) is 2. The zero-order valence-electron chi connectivity index (χ0n) is 12.3. The van der Waals surface area contributed by atoms with Gasteiger partial charge in [0.2, 0.25) is 21.4 Å². The number of rotatable bonds is 6. The third-order valence-electron chi connectivity index (χ3n) is 3.11. The van der Waals surface area contributed by atoms with Crippen LogP contribution in [0.25, 0.3) is 0 Å². The number of carbonyl (C=O) groups is 2. The maximum Gasteiger partial charge on any atom is 0.268 e. The van der Waals surface area contributed by atoms with Gasteiger partial charge in [-0.25, -0.2) is 18.4 Å². The largest absolute Gasteiger partial charge is 0.290 e. The standard InChI is InChI=1S/C14H9ClN4O4S2/c15-8-1-3-9(4-2-8)25(22,23)12-6-24-11(18-12)5-10(20)13(21)14-16-7-17-19-14/h1-4,6-7H,5H2,(H,16,17,19). The number of nitrogens with zero attached hydrogens (tertiary/aromatic N) is 3. The van der Waals surface area contributed by atoms with Crippen LogP contribution in [0.15, 0.2) is 45.9 Å². The number of hydrogen-bond acceptors (Lipinski definition) is 8. The van der Waals surface area contributed by atoms with E-state index in [2.05, 4.69) is 20.2 Å². The number of benzene rings is 1. The van der Waals surface area contributed by atoms with Crippen LogP contribution in [0, 0.1) is 0 Å². The Bertz CT molecular complexity index is 1030. The maximum absolute atomic E-state index is 12.5. The van der Waals surface area contributed by atoms with Gasteiger partial charge in [0.25, 0.3) is 5.78 Å². The number of hydrogen-bond donors (Lipinski definition) is 1. The van der Waals surface area contributed by atoms with E-state index in [-0.39, 0.29) is 27.2 Å². The van der Waals surface area contributed by atoms with Crippen LogP contribution in [-0.2, 0) is 21.1 Å². The first-order valence-electron chi connectivity index (χ1n) is 6.76. The second-order valence-corrected chi connectivity index (χ2v) is 8.06. The van der Waals surface area contributed by atoms with Crippen molar-refractivity contribution >= 4 is 44.3 Å². The Hall–Kier alpha value is -2.43. The average molecular weight is 397 g/mol. The number of nitrogens with one attached hydrogen (secondary N) is 1. The van der Waals surface area contributed by atoms with E-state index in [1.54, 1.807) is 0 Å². The number of H-pyrrole nitrogens is 1. The van der Waals surface area contributed by atoms with E-state index in [0.29, 0.717) is 5.02 Å². The summed E-state index contributed by atoms with van der Waals surface area (Å²) in [4.78, 5) is 31.4. The van der Waals surface area contributed by atoms with E-state index in [1.165, 1.54) is 36.0 Å². The Balaban J connectivity index is 1.79. The Morgan fingerprint density at radius 2 is 1.92 bits per heavy atom. The van der Waals surface area contributed by atoms with Crippen LogP contribution in [0.2, 0.25) is 5.02 Å². The Labute approximate surface area is 150 Å². The van der Waals surface area contributed by atoms with Gasteiger partial charge in [-0.3, -0.25) is 14.7 Å². The van der Waals surface area contributed by atoms with Crippen LogP contribution in [0.4, 0.5) is 0 Å². The van der Waals surface area contributed by atoms with E-state index in [0.717, 1.165) is 11.3 Å². The molecule has 0 spiro atoms. The van der Waals surface area contributed by atoms with Gasteiger partial charge in [0, 0.05) is 10.4 Å². The fourth-order valence-corrected chi connectivity index (χ4v) is 4.35. The highest BCUT2D eigenvalue weighted by molar-refractivity contribution is 7.91. The lowest BCUT2D eigenvalue weighted by atomic mass is 10.2. The quantitative estimate of drug-likeness (QED) is 0.497. The Morgan fingerprint density at radius 3 is 2.56 bits per heavy atom. The summed E-state index contributed by atoms with van der Waals surface area (Å²) < 4.78 is 25.0. The van der Waals surface area contributed by atoms with Crippen molar-refractivity contribution in [3.8, 4) is 0 Å². The van der Waals surface area contributed by atoms with Crippen LogP contribution in [0.3, 0.4) is 0 Å². The lowest BCUT2D eigenvalue weighted by Crippen LogP contribution is -2.18. The number of ketones is 2. The normalized spacial score (nSPS) is 11.4. The fourth-order valence-electron chi connectivity index (χ4n) is 1.89. The molecule has 1 aromatic carbocycles. The SMILES string of the molecule is O=C(Cc1nc(S(=O)(=O)c2ccc(Cl)cc2)cs1)C(=O)c1nc[nH]n1. The van der Waals surface area contributed by atoms with Gasteiger partial charge in [-0.1, -0.05) is 11.6 Å². The summed E-state index contributed by atoms with van der Waals surface area (Å²) in [6, 6.07) is 5.66. The van der Waals surface area contributed by atoms with Crippen molar-refractivity contribution in [2.75, 3.05) is 0 Å². The minimum Gasteiger partial charge on any atom is -0.290 e. The summed E-state index contributed by atoms with van der Waals surface area (Å²) in [5.41, 5.74) is 0. The molecule has 0 radical (unpaired) electrons. The zero-order chi connectivity index (χ0) is 18.0. The van der Waals surface area contributed by atoms with Gasteiger partial charge in [0.05, 0.1) is 11.3 Å². The van der Waals surface area contributed by atoms with Gasteiger partial charge >= 0.3 is 0 Å². The van der Waals surface area contributed by atoms with Gasteiger partial charge in [0.1, 0.15) is 11.3 Å². The molecule has 0 unspecified atom stereocenters. The highest BCUT2D eigenvalue weighted by atomic mass is 35.5. The summed E-state index contributed by atoms with van der Waals surface area (Å²) in [5.74, 6) is -1.88. The summed E-state index contributed by atoms with van der Waals surface area (Å²) >= 11 is 6.73. The van der Waals surface area contributed by atoms with E-state index in [1.807, 2.05) is 0 Å². The van der Waals surface area contributed by atoms with E-state index < -0.39 is 21.4 Å². The zero-order valence-corrected chi connectivity index (χ0v) is 14.7. The number of halogens is 1. The van der Waals surface area contributed by atoms with Crippen LogP contribution >= 0.6 is 22.9 Å². The number of aromatic nitrogens is 4. The van der Waals surface area contributed by atoms with Crippen molar-refractivity contribution in [3.05, 3.63) is 51.8 Å². The van der Waals surface area contributed by atoms with Crippen molar-refractivity contribution in [1.82, 2.24) is 20.2 Å². The Kier molecular flexibility index (Phi) is 4.75. The molecule has 3 aromatic rings.